The first kappa shape index (κ1) is 16.4. The number of carbonyl (C=O) groups is 1. The Bertz CT molecular complexity index is 326. The highest BCUT2D eigenvalue weighted by Crippen LogP contribution is 2.14. The molecule has 0 fully saturated rings. The molecule has 1 amide bonds. The fourth-order valence-corrected chi connectivity index (χ4v) is 2.11. The highest BCUT2D eigenvalue weighted by molar-refractivity contribution is 7.90. The number of carbonyl (C=O) groups excluding carboxylic acids is 1. The fraction of sp³-hybridized carbons (Fsp3) is 0.909. The molecule has 0 saturated carbocycles. The molecule has 0 bridgehead atoms. The van der Waals surface area contributed by atoms with E-state index in [0.717, 1.165) is 12.8 Å². The van der Waals surface area contributed by atoms with Gasteiger partial charge in [0.15, 0.2) is 0 Å². The van der Waals surface area contributed by atoms with Crippen LogP contribution in [0.4, 0.5) is 0 Å². The Balaban J connectivity index is 4.11. The molecule has 17 heavy (non-hydrogen) atoms. The molecule has 0 aliphatic carbocycles. The number of hydrogen-bond acceptors (Lipinski definition) is 4. The number of nitrogens with two attached hydrogens (primary N) is 1. The van der Waals surface area contributed by atoms with E-state index in [1.165, 1.54) is 0 Å². The summed E-state index contributed by atoms with van der Waals surface area (Å²) in [7, 11) is -3.49. The lowest BCUT2D eigenvalue weighted by molar-refractivity contribution is -0.119. The Labute approximate surface area is 104 Å². The third kappa shape index (κ3) is 6.63. The number of rotatable bonds is 8. The largest absolute Gasteiger partial charge is 0.330 e. The van der Waals surface area contributed by atoms with Gasteiger partial charge in [0, 0.05) is 6.42 Å². The Morgan fingerprint density at radius 1 is 1.29 bits per heavy atom. The molecule has 0 aromatic heterocycles. The van der Waals surface area contributed by atoms with E-state index in [4.69, 9.17) is 5.73 Å². The van der Waals surface area contributed by atoms with Crippen molar-refractivity contribution in [3.05, 3.63) is 0 Å². The van der Waals surface area contributed by atoms with Crippen molar-refractivity contribution in [3.63, 3.8) is 0 Å². The smallest absolute Gasteiger partial charge is 0.237 e. The highest BCUT2D eigenvalue weighted by atomic mass is 32.2. The van der Waals surface area contributed by atoms with Gasteiger partial charge in [0.25, 0.3) is 0 Å². The van der Waals surface area contributed by atoms with Crippen molar-refractivity contribution < 1.29 is 13.2 Å². The lowest BCUT2D eigenvalue weighted by Crippen LogP contribution is -2.35. The molecule has 6 heteroatoms. The van der Waals surface area contributed by atoms with E-state index in [0.29, 0.717) is 18.9 Å². The minimum atomic E-state index is -3.49. The molecule has 0 heterocycles. The summed E-state index contributed by atoms with van der Waals surface area (Å²) in [6.07, 6.45) is 2.76. The van der Waals surface area contributed by atoms with Crippen molar-refractivity contribution in [2.45, 2.75) is 51.7 Å². The van der Waals surface area contributed by atoms with E-state index in [9.17, 15) is 13.2 Å². The van der Waals surface area contributed by atoms with Crippen molar-refractivity contribution >= 4 is 15.9 Å². The van der Waals surface area contributed by atoms with E-state index in [1.807, 2.05) is 6.92 Å². The lowest BCUT2D eigenvalue weighted by Gasteiger charge is -2.14. The summed E-state index contributed by atoms with van der Waals surface area (Å²) in [4.78, 5) is 11.5. The zero-order valence-corrected chi connectivity index (χ0v) is 11.7. The Morgan fingerprint density at radius 2 is 1.88 bits per heavy atom. The molecule has 0 aliphatic rings. The van der Waals surface area contributed by atoms with Crippen LogP contribution in [0, 0.1) is 5.92 Å². The molecule has 0 spiro atoms. The van der Waals surface area contributed by atoms with E-state index >= 15 is 0 Å². The molecule has 0 aliphatic heterocycles. The minimum absolute atomic E-state index is 0.241. The molecule has 5 nitrogen and oxygen atoms in total. The summed E-state index contributed by atoms with van der Waals surface area (Å²) in [6, 6.07) is 0. The van der Waals surface area contributed by atoms with E-state index in [-0.39, 0.29) is 6.42 Å². The Morgan fingerprint density at radius 3 is 2.29 bits per heavy atom. The second-order valence-electron chi connectivity index (χ2n) is 4.51. The minimum Gasteiger partial charge on any atom is -0.330 e. The standard InChI is InChI=1S/C11H24N2O3S/c1-4-10(7-8-12)5-6-11(14)13-17(15,16)9(2)3/h9-10H,4-8,12H2,1-3H3,(H,13,14). The van der Waals surface area contributed by atoms with Crippen LogP contribution in [0.3, 0.4) is 0 Å². The van der Waals surface area contributed by atoms with Gasteiger partial charge in [0.1, 0.15) is 0 Å². The van der Waals surface area contributed by atoms with Crippen molar-refractivity contribution in [1.82, 2.24) is 4.72 Å². The van der Waals surface area contributed by atoms with Gasteiger partial charge in [0.05, 0.1) is 5.25 Å². The van der Waals surface area contributed by atoms with Crippen LogP contribution in [0.5, 0.6) is 0 Å². The molecule has 0 aromatic carbocycles. The average Bonchev–Trinajstić information content (AvgIpc) is 2.23. The number of hydrogen-bond donors (Lipinski definition) is 2. The third-order valence-corrected chi connectivity index (χ3v) is 4.56. The number of amides is 1. The van der Waals surface area contributed by atoms with Gasteiger partial charge in [-0.15, -0.1) is 0 Å². The summed E-state index contributed by atoms with van der Waals surface area (Å²) in [6.45, 7) is 5.73. The Kier molecular flexibility index (Phi) is 7.38. The summed E-state index contributed by atoms with van der Waals surface area (Å²) in [5.74, 6) is -0.0262. The van der Waals surface area contributed by atoms with Crippen molar-refractivity contribution in [2.24, 2.45) is 11.7 Å². The van der Waals surface area contributed by atoms with E-state index in [2.05, 4.69) is 4.72 Å². The molecule has 3 N–H and O–H groups in total. The average molecular weight is 264 g/mol. The molecule has 1 unspecified atom stereocenters. The molecular weight excluding hydrogens is 240 g/mol. The summed E-state index contributed by atoms with van der Waals surface area (Å²) >= 11 is 0. The van der Waals surface area contributed by atoms with Gasteiger partial charge < -0.3 is 5.73 Å². The van der Waals surface area contributed by atoms with Gasteiger partial charge in [-0.25, -0.2) is 8.42 Å². The van der Waals surface area contributed by atoms with Gasteiger partial charge in [0.2, 0.25) is 15.9 Å². The van der Waals surface area contributed by atoms with Crippen molar-refractivity contribution in [2.75, 3.05) is 6.54 Å². The molecular formula is C11H24N2O3S. The van der Waals surface area contributed by atoms with E-state index < -0.39 is 21.2 Å². The van der Waals surface area contributed by atoms with Gasteiger partial charge in [-0.1, -0.05) is 13.3 Å². The monoisotopic (exact) mass is 264 g/mol. The molecule has 0 saturated heterocycles. The van der Waals surface area contributed by atoms with Crippen molar-refractivity contribution in [1.29, 1.82) is 0 Å². The second-order valence-corrected chi connectivity index (χ2v) is 6.75. The SMILES string of the molecule is CCC(CCN)CCC(=O)NS(=O)(=O)C(C)C. The normalized spacial score (nSPS) is 13.7. The second kappa shape index (κ2) is 7.66. The van der Waals surface area contributed by atoms with Gasteiger partial charge in [-0.3, -0.25) is 9.52 Å². The maximum atomic E-state index is 11.5. The van der Waals surface area contributed by atoms with Crippen LogP contribution in [0.2, 0.25) is 0 Å². The van der Waals surface area contributed by atoms with Gasteiger partial charge in [-0.05, 0) is 39.2 Å². The predicted octanol–water partition coefficient (Wildman–Crippen LogP) is 0.996. The van der Waals surface area contributed by atoms with Gasteiger partial charge in [-0.2, -0.15) is 0 Å². The quantitative estimate of drug-likeness (QED) is 0.684. The molecule has 0 aromatic rings. The summed E-state index contributed by atoms with van der Waals surface area (Å²) < 4.78 is 24.9. The van der Waals surface area contributed by atoms with Crippen LogP contribution in [0.15, 0.2) is 0 Å². The first-order valence-electron chi connectivity index (χ1n) is 6.08. The van der Waals surface area contributed by atoms with Crippen LogP contribution in [0.1, 0.15) is 46.5 Å². The molecule has 0 radical (unpaired) electrons. The van der Waals surface area contributed by atoms with Crippen LogP contribution in [-0.2, 0) is 14.8 Å². The first-order chi connectivity index (χ1) is 7.83. The van der Waals surface area contributed by atoms with Crippen LogP contribution in [0.25, 0.3) is 0 Å². The molecule has 1 atom stereocenters. The van der Waals surface area contributed by atoms with Crippen molar-refractivity contribution in [3.8, 4) is 0 Å². The Hall–Kier alpha value is -0.620. The summed E-state index contributed by atoms with van der Waals surface area (Å²) in [5, 5.41) is -0.586. The first-order valence-corrected chi connectivity index (χ1v) is 7.62. The number of nitrogens with one attached hydrogen (secondary N) is 1. The lowest BCUT2D eigenvalue weighted by atomic mass is 9.97. The maximum Gasteiger partial charge on any atom is 0.237 e. The van der Waals surface area contributed by atoms with Crippen LogP contribution >= 0.6 is 0 Å². The van der Waals surface area contributed by atoms with E-state index in [1.54, 1.807) is 13.8 Å². The molecule has 0 rings (SSSR count). The zero-order chi connectivity index (χ0) is 13.5. The topological polar surface area (TPSA) is 89.3 Å². The van der Waals surface area contributed by atoms with Gasteiger partial charge >= 0.3 is 0 Å². The fourth-order valence-electron chi connectivity index (χ4n) is 1.45. The van der Waals surface area contributed by atoms with Crippen LogP contribution in [-0.4, -0.2) is 26.1 Å². The summed E-state index contributed by atoms with van der Waals surface area (Å²) in [5.41, 5.74) is 5.46. The third-order valence-electron chi connectivity index (χ3n) is 2.81. The predicted molar refractivity (Wildman–Crippen MR) is 68.9 cm³/mol. The highest BCUT2D eigenvalue weighted by Gasteiger charge is 2.19. The zero-order valence-electron chi connectivity index (χ0n) is 10.9. The number of sulfonamides is 1. The van der Waals surface area contributed by atoms with Crippen LogP contribution < -0.4 is 10.5 Å². The molecule has 102 valence electrons. The maximum absolute atomic E-state index is 11.5.